The van der Waals surface area contributed by atoms with E-state index in [0.717, 1.165) is 25.0 Å². The van der Waals surface area contributed by atoms with E-state index in [1.807, 2.05) is 0 Å². The minimum atomic E-state index is -0.187. The van der Waals surface area contributed by atoms with Gasteiger partial charge in [-0.25, -0.2) is 0 Å². The van der Waals surface area contributed by atoms with Crippen LogP contribution >= 0.6 is 0 Å². The van der Waals surface area contributed by atoms with Crippen LogP contribution in [0.4, 0.5) is 0 Å². The van der Waals surface area contributed by atoms with Crippen molar-refractivity contribution in [3.05, 3.63) is 37.5 Å². The van der Waals surface area contributed by atoms with E-state index in [9.17, 15) is 19.8 Å². The van der Waals surface area contributed by atoms with Gasteiger partial charge in [-0.3, -0.25) is 9.59 Å². The summed E-state index contributed by atoms with van der Waals surface area (Å²) >= 11 is 0. The minimum absolute atomic E-state index is 0. The van der Waals surface area contributed by atoms with E-state index >= 15 is 0 Å². The van der Waals surface area contributed by atoms with Crippen LogP contribution in [-0.4, -0.2) is 35.5 Å². The van der Waals surface area contributed by atoms with Crippen molar-refractivity contribution in [3.63, 3.8) is 0 Å². The van der Waals surface area contributed by atoms with Crippen molar-refractivity contribution >= 4 is 35.5 Å². The molecule has 0 spiro atoms. The van der Waals surface area contributed by atoms with Gasteiger partial charge in [0.15, 0.2) is 11.6 Å². The van der Waals surface area contributed by atoms with Gasteiger partial charge in [0, 0.05) is 0 Å². The van der Waals surface area contributed by atoms with Crippen LogP contribution in [0.15, 0.2) is 23.7 Å². The second kappa shape index (κ2) is 29.3. The first-order valence-electron chi connectivity index (χ1n) is 7.39. The van der Waals surface area contributed by atoms with Gasteiger partial charge in [0.1, 0.15) is 0 Å². The Bertz CT molecular complexity index is 277. The van der Waals surface area contributed by atoms with Gasteiger partial charge < -0.3 is 24.1 Å². The first-order chi connectivity index (χ1) is 10.1. The Morgan fingerprint density at radius 1 is 0.783 bits per heavy atom. The van der Waals surface area contributed by atoms with Crippen molar-refractivity contribution in [3.8, 4) is 0 Å². The largest absolute Gasteiger partial charge is 4.00 e. The number of unbranched alkanes of at least 4 members (excludes halogenated alkanes) is 2. The monoisotopic (exact) mass is 432 g/mol. The molecule has 0 radical (unpaired) electrons. The molecular formula is C18H32O4Sn. The fraction of sp³-hybridized carbons (Fsp3) is 0.556. The van der Waals surface area contributed by atoms with E-state index in [1.165, 1.54) is 40.5 Å². The van der Waals surface area contributed by atoms with Crippen LogP contribution in [0.5, 0.6) is 0 Å². The third-order valence-corrected chi connectivity index (χ3v) is 1.52. The fourth-order valence-corrected chi connectivity index (χ4v) is 0.572. The van der Waals surface area contributed by atoms with Crippen molar-refractivity contribution < 1.29 is 19.8 Å². The Kier molecular flexibility index (Phi) is 42.9. The molecule has 0 atom stereocenters. The molecule has 0 aliphatic rings. The maximum Gasteiger partial charge on any atom is 4.00 e. The van der Waals surface area contributed by atoms with E-state index < -0.39 is 0 Å². The Hall–Kier alpha value is -0.781. The average Bonchev–Trinajstić information content (AvgIpc) is 2.36. The molecule has 0 bridgehead atoms. The molecule has 0 aromatic carbocycles. The van der Waals surface area contributed by atoms with Gasteiger partial charge in [0.25, 0.3) is 0 Å². The number of hydrogen-bond acceptors (Lipinski definition) is 4. The first-order valence-corrected chi connectivity index (χ1v) is 7.39. The predicted octanol–water partition coefficient (Wildman–Crippen LogP) is 2.54. The van der Waals surface area contributed by atoms with E-state index in [2.05, 4.69) is 27.7 Å². The van der Waals surface area contributed by atoms with Crippen molar-refractivity contribution in [2.75, 3.05) is 0 Å². The topological polar surface area (TPSA) is 80.3 Å². The van der Waals surface area contributed by atoms with E-state index in [4.69, 9.17) is 0 Å². The summed E-state index contributed by atoms with van der Waals surface area (Å²) in [6, 6.07) is 0. The van der Waals surface area contributed by atoms with Crippen molar-refractivity contribution in [1.82, 2.24) is 0 Å². The fourth-order valence-electron chi connectivity index (χ4n) is 0.572. The molecule has 4 nitrogen and oxygen atoms in total. The zero-order chi connectivity index (χ0) is 18.6. The third kappa shape index (κ3) is 92.2. The molecule has 0 N–H and O–H groups in total. The summed E-state index contributed by atoms with van der Waals surface area (Å²) in [7, 11) is 0. The summed E-state index contributed by atoms with van der Waals surface area (Å²) in [6.45, 7) is 16.8. The van der Waals surface area contributed by atoms with E-state index in [0.29, 0.717) is 0 Å². The summed E-state index contributed by atoms with van der Waals surface area (Å²) in [5, 5.41) is 20.0. The van der Waals surface area contributed by atoms with Crippen molar-refractivity contribution in [2.45, 2.75) is 67.2 Å². The zero-order valence-corrected chi connectivity index (χ0v) is 18.4. The van der Waals surface area contributed by atoms with Crippen LogP contribution in [0.25, 0.3) is 0 Å². The number of ketones is 2. The summed E-state index contributed by atoms with van der Waals surface area (Å²) < 4.78 is 0. The minimum Gasteiger partial charge on any atom is -0.876 e. The molecule has 0 saturated carbocycles. The van der Waals surface area contributed by atoms with Gasteiger partial charge in [-0.05, 0) is 26.0 Å². The molecule has 0 rings (SSSR count). The maximum absolute atomic E-state index is 9.98. The Labute approximate surface area is 160 Å². The molecule has 0 fully saturated rings. The van der Waals surface area contributed by atoms with Crippen LogP contribution in [0.3, 0.4) is 0 Å². The molecule has 0 aromatic rings. The SMILES string of the molecule is CC(=O)C=C(C)[O-].CC(=O)C=C(C)[O-].[CH2-]CCC.[CH2-]CCC.[Sn+4]. The van der Waals surface area contributed by atoms with Gasteiger partial charge in [-0.15, -0.1) is 11.5 Å². The van der Waals surface area contributed by atoms with Gasteiger partial charge in [-0.1, -0.05) is 40.5 Å². The molecule has 0 aliphatic carbocycles. The molecule has 0 amide bonds. The first kappa shape index (κ1) is 33.7. The quantitative estimate of drug-likeness (QED) is 0.297. The molecule has 0 aliphatic heterocycles. The summed E-state index contributed by atoms with van der Waals surface area (Å²) in [5.74, 6) is -0.750. The molecule has 0 unspecified atom stereocenters. The van der Waals surface area contributed by atoms with Gasteiger partial charge in [0.2, 0.25) is 0 Å². The van der Waals surface area contributed by atoms with Gasteiger partial charge in [0.05, 0.1) is 0 Å². The number of carbonyl (C=O) groups excluding carboxylic acids is 2. The summed E-state index contributed by atoms with van der Waals surface area (Å²) in [6.07, 6.45) is 6.67. The molecule has 132 valence electrons. The van der Waals surface area contributed by atoms with Crippen LogP contribution in [0, 0.1) is 13.8 Å². The smallest absolute Gasteiger partial charge is 0.876 e. The number of rotatable bonds is 4. The number of allylic oxidation sites excluding steroid dienone is 4. The Morgan fingerprint density at radius 2 is 0.957 bits per heavy atom. The zero-order valence-electron chi connectivity index (χ0n) is 15.5. The second-order valence-electron chi connectivity index (χ2n) is 4.44. The van der Waals surface area contributed by atoms with E-state index in [1.54, 1.807) is 0 Å². The Morgan fingerprint density at radius 3 is 0.957 bits per heavy atom. The average molecular weight is 431 g/mol. The van der Waals surface area contributed by atoms with Gasteiger partial charge >= 0.3 is 23.9 Å². The molecule has 0 aromatic heterocycles. The molecule has 0 saturated heterocycles. The summed E-state index contributed by atoms with van der Waals surface area (Å²) in [5.41, 5.74) is 0. The van der Waals surface area contributed by atoms with Crippen LogP contribution in [0.1, 0.15) is 67.2 Å². The van der Waals surface area contributed by atoms with Crippen molar-refractivity contribution in [1.29, 1.82) is 0 Å². The predicted molar refractivity (Wildman–Crippen MR) is 95.2 cm³/mol. The molecule has 5 heteroatoms. The number of hydrogen-bond donors (Lipinski definition) is 0. The van der Waals surface area contributed by atoms with Crippen LogP contribution < -0.4 is 10.2 Å². The normalized spacial score (nSPS) is 9.57. The molecule has 23 heavy (non-hydrogen) atoms. The maximum atomic E-state index is 9.98. The van der Waals surface area contributed by atoms with Crippen LogP contribution in [0.2, 0.25) is 0 Å². The van der Waals surface area contributed by atoms with Gasteiger partial charge in [-0.2, -0.15) is 12.8 Å². The Balaban J connectivity index is -0.0000000639. The van der Waals surface area contributed by atoms with Crippen molar-refractivity contribution in [2.24, 2.45) is 0 Å². The summed E-state index contributed by atoms with van der Waals surface area (Å²) in [4.78, 5) is 20.0. The standard InChI is InChI=1S/2C5H8O2.2C4H9.Sn/c2*1-4(6)3-5(2)7;2*1-3-4-2;/h2*3,6H,1-2H3;2*1,3-4H2,2H3;/q;;2*-1;+4/p-2. The van der Waals surface area contributed by atoms with E-state index in [-0.39, 0.29) is 47.0 Å². The molecular weight excluding hydrogens is 399 g/mol. The third-order valence-electron chi connectivity index (χ3n) is 1.52. The second-order valence-corrected chi connectivity index (χ2v) is 4.44. The molecule has 0 heterocycles. The van der Waals surface area contributed by atoms with Crippen LogP contribution in [-0.2, 0) is 9.59 Å². The number of carbonyl (C=O) groups is 2.